The minimum atomic E-state index is -0.216. The van der Waals surface area contributed by atoms with E-state index in [2.05, 4.69) is 31.2 Å². The first-order valence-electron chi connectivity index (χ1n) is 9.05. The van der Waals surface area contributed by atoms with E-state index in [0.29, 0.717) is 12.0 Å². The maximum atomic E-state index is 13.4. The Bertz CT molecular complexity index is 613. The van der Waals surface area contributed by atoms with Gasteiger partial charge in [0.1, 0.15) is 0 Å². The number of rotatable bonds is 4. The van der Waals surface area contributed by atoms with Gasteiger partial charge in [0.2, 0.25) is 5.91 Å². The normalized spacial score (nSPS) is 20.8. The SMILES string of the molecule is CC1CCCCC1N(C)C(=O)C(c1ccccc1)c1ccccc1. The van der Waals surface area contributed by atoms with Gasteiger partial charge in [0.15, 0.2) is 0 Å². The number of amides is 1. The van der Waals surface area contributed by atoms with Crippen LogP contribution in [-0.4, -0.2) is 23.9 Å². The summed E-state index contributed by atoms with van der Waals surface area (Å²) in [5.74, 6) is 0.581. The van der Waals surface area contributed by atoms with Crippen molar-refractivity contribution in [1.82, 2.24) is 4.90 Å². The lowest BCUT2D eigenvalue weighted by Gasteiger charge is -2.38. The Morgan fingerprint density at radius 1 is 0.917 bits per heavy atom. The molecule has 1 saturated carbocycles. The first-order chi connectivity index (χ1) is 11.7. The maximum absolute atomic E-state index is 13.4. The van der Waals surface area contributed by atoms with Crippen LogP contribution in [0.3, 0.4) is 0 Å². The largest absolute Gasteiger partial charge is 0.342 e. The van der Waals surface area contributed by atoms with Crippen molar-refractivity contribution in [3.8, 4) is 0 Å². The van der Waals surface area contributed by atoms with Gasteiger partial charge in [-0.15, -0.1) is 0 Å². The van der Waals surface area contributed by atoms with Crippen LogP contribution in [0.25, 0.3) is 0 Å². The highest BCUT2D eigenvalue weighted by Gasteiger charge is 2.32. The highest BCUT2D eigenvalue weighted by Crippen LogP contribution is 2.32. The summed E-state index contributed by atoms with van der Waals surface area (Å²) in [6.45, 7) is 2.29. The van der Waals surface area contributed by atoms with E-state index < -0.39 is 0 Å². The number of likely N-dealkylation sites (N-methyl/N-ethyl adjacent to an activating group) is 1. The van der Waals surface area contributed by atoms with Crippen LogP contribution in [0.1, 0.15) is 49.7 Å². The van der Waals surface area contributed by atoms with Crippen LogP contribution in [0.5, 0.6) is 0 Å². The molecule has 0 spiro atoms. The third-order valence-corrected chi connectivity index (χ3v) is 5.42. The van der Waals surface area contributed by atoms with Crippen molar-refractivity contribution in [2.45, 2.75) is 44.6 Å². The highest BCUT2D eigenvalue weighted by atomic mass is 16.2. The molecule has 0 saturated heterocycles. The van der Waals surface area contributed by atoms with E-state index in [1.54, 1.807) is 0 Å². The fraction of sp³-hybridized carbons (Fsp3) is 0.409. The van der Waals surface area contributed by atoms with Gasteiger partial charge < -0.3 is 4.90 Å². The second kappa shape index (κ2) is 7.65. The van der Waals surface area contributed by atoms with E-state index in [-0.39, 0.29) is 11.8 Å². The molecule has 1 aliphatic rings. The van der Waals surface area contributed by atoms with Gasteiger partial charge in [-0.25, -0.2) is 0 Å². The second-order valence-corrected chi connectivity index (χ2v) is 7.03. The van der Waals surface area contributed by atoms with E-state index in [1.165, 1.54) is 19.3 Å². The second-order valence-electron chi connectivity index (χ2n) is 7.03. The molecule has 2 unspecified atom stereocenters. The van der Waals surface area contributed by atoms with Gasteiger partial charge in [0, 0.05) is 13.1 Å². The van der Waals surface area contributed by atoms with Gasteiger partial charge in [-0.05, 0) is 29.9 Å². The number of nitrogens with zero attached hydrogens (tertiary/aromatic N) is 1. The molecule has 2 aromatic rings. The summed E-state index contributed by atoms with van der Waals surface area (Å²) >= 11 is 0. The zero-order valence-corrected chi connectivity index (χ0v) is 14.7. The molecule has 0 aromatic heterocycles. The van der Waals surface area contributed by atoms with Crippen LogP contribution in [0, 0.1) is 5.92 Å². The smallest absolute Gasteiger partial charge is 0.234 e. The molecule has 0 N–H and O–H groups in total. The number of carbonyl (C=O) groups is 1. The summed E-state index contributed by atoms with van der Waals surface area (Å²) in [7, 11) is 1.99. The quantitative estimate of drug-likeness (QED) is 0.788. The van der Waals surface area contributed by atoms with Crippen LogP contribution < -0.4 is 0 Å². The molecule has 2 aromatic carbocycles. The van der Waals surface area contributed by atoms with Crippen molar-refractivity contribution >= 4 is 5.91 Å². The van der Waals surface area contributed by atoms with Crippen molar-refractivity contribution in [2.24, 2.45) is 5.92 Å². The fourth-order valence-electron chi connectivity index (χ4n) is 4.01. The van der Waals surface area contributed by atoms with Gasteiger partial charge in [-0.3, -0.25) is 4.79 Å². The molecular formula is C22H27NO. The molecule has 2 atom stereocenters. The highest BCUT2D eigenvalue weighted by molar-refractivity contribution is 5.87. The van der Waals surface area contributed by atoms with Crippen LogP contribution in [0.4, 0.5) is 0 Å². The standard InChI is InChI=1S/C22H27NO/c1-17-11-9-10-16-20(17)23(2)22(24)21(18-12-5-3-6-13-18)19-14-7-4-8-15-19/h3-8,12-15,17,20-21H,9-11,16H2,1-2H3. The Kier molecular flexibility index (Phi) is 5.34. The molecule has 24 heavy (non-hydrogen) atoms. The predicted molar refractivity (Wildman–Crippen MR) is 98.9 cm³/mol. The van der Waals surface area contributed by atoms with E-state index >= 15 is 0 Å². The Labute approximate surface area is 145 Å². The average Bonchev–Trinajstić information content (AvgIpc) is 2.63. The monoisotopic (exact) mass is 321 g/mol. The molecule has 0 radical (unpaired) electrons. The Hall–Kier alpha value is -2.09. The van der Waals surface area contributed by atoms with Crippen molar-refractivity contribution in [3.63, 3.8) is 0 Å². The van der Waals surface area contributed by atoms with Gasteiger partial charge in [0.25, 0.3) is 0 Å². The van der Waals surface area contributed by atoms with Gasteiger partial charge in [-0.1, -0.05) is 80.4 Å². The lowest BCUT2D eigenvalue weighted by Crippen LogP contribution is -2.44. The first kappa shape index (κ1) is 16.8. The average molecular weight is 321 g/mol. The van der Waals surface area contributed by atoms with Gasteiger partial charge >= 0.3 is 0 Å². The Morgan fingerprint density at radius 3 is 1.92 bits per heavy atom. The van der Waals surface area contributed by atoms with Crippen LogP contribution >= 0.6 is 0 Å². The molecule has 1 amide bonds. The molecule has 126 valence electrons. The van der Waals surface area contributed by atoms with E-state index in [0.717, 1.165) is 17.5 Å². The third-order valence-electron chi connectivity index (χ3n) is 5.42. The van der Waals surface area contributed by atoms with Gasteiger partial charge in [0.05, 0.1) is 5.92 Å². The van der Waals surface area contributed by atoms with E-state index in [4.69, 9.17) is 0 Å². The molecular weight excluding hydrogens is 294 g/mol. The fourth-order valence-corrected chi connectivity index (χ4v) is 4.01. The molecule has 1 aliphatic carbocycles. The number of carbonyl (C=O) groups excluding carboxylic acids is 1. The summed E-state index contributed by atoms with van der Waals surface area (Å²) in [6.07, 6.45) is 4.87. The molecule has 2 nitrogen and oxygen atoms in total. The van der Waals surface area contributed by atoms with Crippen molar-refractivity contribution in [2.75, 3.05) is 7.05 Å². The van der Waals surface area contributed by atoms with Crippen molar-refractivity contribution in [3.05, 3.63) is 71.8 Å². The summed E-state index contributed by atoms with van der Waals surface area (Å²) in [4.78, 5) is 15.4. The molecule has 0 bridgehead atoms. The zero-order valence-electron chi connectivity index (χ0n) is 14.7. The molecule has 0 heterocycles. The minimum absolute atomic E-state index is 0.214. The zero-order chi connectivity index (χ0) is 16.9. The van der Waals surface area contributed by atoms with Gasteiger partial charge in [-0.2, -0.15) is 0 Å². The number of benzene rings is 2. The van der Waals surface area contributed by atoms with Crippen LogP contribution in [0.15, 0.2) is 60.7 Å². The lowest BCUT2D eigenvalue weighted by molar-refractivity contribution is -0.134. The predicted octanol–water partition coefficient (Wildman–Crippen LogP) is 4.86. The van der Waals surface area contributed by atoms with Crippen LogP contribution in [0.2, 0.25) is 0 Å². The Balaban J connectivity index is 1.92. The van der Waals surface area contributed by atoms with Crippen molar-refractivity contribution < 1.29 is 4.79 Å². The van der Waals surface area contributed by atoms with Crippen molar-refractivity contribution in [1.29, 1.82) is 0 Å². The van der Waals surface area contributed by atoms with Crippen LogP contribution in [-0.2, 0) is 4.79 Å². The maximum Gasteiger partial charge on any atom is 0.234 e. The summed E-state index contributed by atoms with van der Waals surface area (Å²) in [5.41, 5.74) is 2.15. The molecule has 0 aliphatic heterocycles. The number of hydrogen-bond donors (Lipinski definition) is 0. The molecule has 3 rings (SSSR count). The lowest BCUT2D eigenvalue weighted by atomic mass is 9.83. The summed E-state index contributed by atoms with van der Waals surface area (Å²) in [5, 5.41) is 0. The summed E-state index contributed by atoms with van der Waals surface area (Å²) in [6, 6.07) is 20.7. The molecule has 2 heteroatoms. The first-order valence-corrected chi connectivity index (χ1v) is 9.05. The van der Waals surface area contributed by atoms with E-state index in [1.807, 2.05) is 48.3 Å². The van der Waals surface area contributed by atoms with E-state index in [9.17, 15) is 4.79 Å². The topological polar surface area (TPSA) is 20.3 Å². The Morgan fingerprint density at radius 2 is 1.42 bits per heavy atom. The summed E-state index contributed by atoms with van der Waals surface area (Å²) < 4.78 is 0. The third kappa shape index (κ3) is 3.53. The minimum Gasteiger partial charge on any atom is -0.342 e. The number of hydrogen-bond acceptors (Lipinski definition) is 1. The molecule has 1 fully saturated rings.